The summed E-state index contributed by atoms with van der Waals surface area (Å²) in [7, 11) is 0. The predicted molar refractivity (Wildman–Crippen MR) is 82.4 cm³/mol. The van der Waals surface area contributed by atoms with Gasteiger partial charge in [0.1, 0.15) is 11.5 Å². The lowest BCUT2D eigenvalue weighted by Crippen LogP contribution is -2.35. The normalized spacial score (nSPS) is 10.4. The van der Waals surface area contributed by atoms with Crippen molar-refractivity contribution in [2.75, 3.05) is 30.7 Å². The highest BCUT2D eigenvalue weighted by molar-refractivity contribution is 5.76. The smallest absolute Gasteiger partial charge is 0.330 e. The van der Waals surface area contributed by atoms with Gasteiger partial charge in [0, 0.05) is 32.6 Å². The van der Waals surface area contributed by atoms with E-state index in [0.29, 0.717) is 19.6 Å². The summed E-state index contributed by atoms with van der Waals surface area (Å²) >= 11 is 0. The third-order valence-electron chi connectivity index (χ3n) is 3.31. The van der Waals surface area contributed by atoms with Crippen molar-refractivity contribution in [3.8, 4) is 0 Å². The quantitative estimate of drug-likeness (QED) is 0.645. The van der Waals surface area contributed by atoms with E-state index in [1.807, 2.05) is 13.8 Å². The zero-order valence-corrected chi connectivity index (χ0v) is 12.7. The molecule has 0 atom stereocenters. The molecule has 0 aliphatic rings. The van der Waals surface area contributed by atoms with Crippen molar-refractivity contribution in [1.82, 2.24) is 14.5 Å². The van der Waals surface area contributed by atoms with Crippen molar-refractivity contribution < 1.29 is 4.79 Å². The first-order valence-corrected chi connectivity index (χ1v) is 7.10. The lowest BCUT2D eigenvalue weighted by Gasteiger charge is -2.19. The molecule has 0 saturated heterocycles. The lowest BCUT2D eigenvalue weighted by atomic mass is 10.3. The standard InChI is InChI=1S/C13H23N5O3/c1-4-17(5-2)9(19)7-8-15-10-11(14)18(6-3)13(21)16-12(10)20/h15H,4-8,14H2,1-3H3,(H,16,20,21). The molecule has 0 aliphatic heterocycles. The maximum Gasteiger partial charge on any atom is 0.330 e. The number of rotatable bonds is 7. The zero-order chi connectivity index (χ0) is 16.0. The van der Waals surface area contributed by atoms with Crippen LogP contribution in [0.25, 0.3) is 0 Å². The van der Waals surface area contributed by atoms with Crippen LogP contribution in [0.1, 0.15) is 27.2 Å². The number of hydrogen-bond donors (Lipinski definition) is 3. The van der Waals surface area contributed by atoms with Crippen LogP contribution in [-0.2, 0) is 11.3 Å². The Morgan fingerprint density at radius 2 is 1.90 bits per heavy atom. The van der Waals surface area contributed by atoms with Crippen molar-refractivity contribution in [3.63, 3.8) is 0 Å². The van der Waals surface area contributed by atoms with Crippen molar-refractivity contribution in [3.05, 3.63) is 20.8 Å². The Bertz CT molecular complexity index is 601. The Balaban J connectivity index is 2.79. The first-order chi connectivity index (χ1) is 9.96. The number of aromatic amines is 1. The second-order valence-corrected chi connectivity index (χ2v) is 4.51. The number of amides is 1. The van der Waals surface area contributed by atoms with Gasteiger partial charge >= 0.3 is 5.69 Å². The van der Waals surface area contributed by atoms with Gasteiger partial charge in [-0.1, -0.05) is 0 Å². The van der Waals surface area contributed by atoms with E-state index < -0.39 is 11.2 Å². The molecule has 0 bridgehead atoms. The van der Waals surface area contributed by atoms with E-state index in [2.05, 4.69) is 10.3 Å². The molecule has 0 radical (unpaired) electrons. The summed E-state index contributed by atoms with van der Waals surface area (Å²) in [6.07, 6.45) is 0.256. The monoisotopic (exact) mass is 297 g/mol. The lowest BCUT2D eigenvalue weighted by molar-refractivity contribution is -0.130. The molecule has 8 heteroatoms. The minimum absolute atomic E-state index is 0.00585. The van der Waals surface area contributed by atoms with Crippen LogP contribution in [0.15, 0.2) is 9.59 Å². The number of anilines is 2. The van der Waals surface area contributed by atoms with E-state index in [1.165, 1.54) is 4.57 Å². The average molecular weight is 297 g/mol. The van der Waals surface area contributed by atoms with Crippen LogP contribution in [0.5, 0.6) is 0 Å². The highest BCUT2D eigenvalue weighted by Gasteiger charge is 2.13. The summed E-state index contributed by atoms with van der Waals surface area (Å²) in [5, 5.41) is 2.84. The van der Waals surface area contributed by atoms with E-state index in [0.717, 1.165) is 0 Å². The number of carbonyl (C=O) groups excluding carboxylic acids is 1. The van der Waals surface area contributed by atoms with Crippen LogP contribution in [0.2, 0.25) is 0 Å². The van der Waals surface area contributed by atoms with Crippen LogP contribution < -0.4 is 22.3 Å². The molecule has 0 fully saturated rings. The van der Waals surface area contributed by atoms with Crippen LogP contribution in [0.3, 0.4) is 0 Å². The minimum Gasteiger partial charge on any atom is -0.383 e. The topological polar surface area (TPSA) is 113 Å². The third-order valence-corrected chi connectivity index (χ3v) is 3.31. The molecule has 4 N–H and O–H groups in total. The fraction of sp³-hybridized carbons (Fsp3) is 0.615. The zero-order valence-electron chi connectivity index (χ0n) is 12.7. The van der Waals surface area contributed by atoms with Gasteiger partial charge in [0.25, 0.3) is 5.56 Å². The number of nitrogen functional groups attached to an aromatic ring is 1. The molecule has 8 nitrogen and oxygen atoms in total. The van der Waals surface area contributed by atoms with Gasteiger partial charge in [0.05, 0.1) is 0 Å². The molecule has 1 heterocycles. The molecule has 1 aromatic heterocycles. The second kappa shape index (κ2) is 7.51. The molecule has 0 unspecified atom stereocenters. The van der Waals surface area contributed by atoms with Gasteiger partial charge in [-0.3, -0.25) is 19.1 Å². The number of nitrogens with zero attached hydrogens (tertiary/aromatic N) is 2. The SMILES string of the molecule is CCN(CC)C(=O)CCNc1c(N)n(CC)c(=O)[nH]c1=O. The van der Waals surface area contributed by atoms with E-state index in [4.69, 9.17) is 5.73 Å². The third kappa shape index (κ3) is 3.87. The number of nitrogens with one attached hydrogen (secondary N) is 2. The van der Waals surface area contributed by atoms with Crippen molar-refractivity contribution in [2.45, 2.75) is 33.7 Å². The van der Waals surface area contributed by atoms with E-state index in [9.17, 15) is 14.4 Å². The number of H-pyrrole nitrogens is 1. The van der Waals surface area contributed by atoms with E-state index in [-0.39, 0.29) is 30.4 Å². The molecular formula is C13H23N5O3. The van der Waals surface area contributed by atoms with Crippen molar-refractivity contribution in [1.29, 1.82) is 0 Å². The Hall–Kier alpha value is -2.25. The van der Waals surface area contributed by atoms with Crippen LogP contribution in [-0.4, -0.2) is 40.0 Å². The molecule has 21 heavy (non-hydrogen) atoms. The van der Waals surface area contributed by atoms with E-state index >= 15 is 0 Å². The second-order valence-electron chi connectivity index (χ2n) is 4.51. The van der Waals surface area contributed by atoms with Crippen LogP contribution in [0.4, 0.5) is 11.5 Å². The van der Waals surface area contributed by atoms with Gasteiger partial charge in [-0.25, -0.2) is 4.79 Å². The Kier molecular flexibility index (Phi) is 6.01. The predicted octanol–water partition coefficient (Wildman–Crippen LogP) is -0.191. The molecule has 0 aromatic carbocycles. The number of nitrogens with two attached hydrogens (primary N) is 1. The van der Waals surface area contributed by atoms with Gasteiger partial charge in [-0.2, -0.15) is 0 Å². The minimum atomic E-state index is -0.572. The summed E-state index contributed by atoms with van der Waals surface area (Å²) in [5.41, 5.74) is 4.83. The number of aromatic nitrogens is 2. The summed E-state index contributed by atoms with van der Waals surface area (Å²) in [6, 6.07) is 0. The number of carbonyl (C=O) groups is 1. The molecule has 0 saturated carbocycles. The molecule has 1 rings (SSSR count). The van der Waals surface area contributed by atoms with Gasteiger partial charge in [-0.05, 0) is 20.8 Å². The first-order valence-electron chi connectivity index (χ1n) is 7.10. The molecule has 0 spiro atoms. The molecule has 1 amide bonds. The largest absolute Gasteiger partial charge is 0.383 e. The summed E-state index contributed by atoms with van der Waals surface area (Å²) in [5.74, 6) is 0.0906. The van der Waals surface area contributed by atoms with Gasteiger partial charge in [-0.15, -0.1) is 0 Å². The summed E-state index contributed by atoms with van der Waals surface area (Å²) in [6.45, 7) is 7.52. The van der Waals surface area contributed by atoms with Crippen LogP contribution in [0, 0.1) is 0 Å². The first kappa shape index (κ1) is 16.8. The fourth-order valence-electron chi connectivity index (χ4n) is 2.10. The number of hydrogen-bond acceptors (Lipinski definition) is 5. The molecule has 0 aliphatic carbocycles. The van der Waals surface area contributed by atoms with Gasteiger partial charge in [0.2, 0.25) is 5.91 Å². The summed E-state index contributed by atoms with van der Waals surface area (Å²) in [4.78, 5) is 39.0. The average Bonchev–Trinajstić information content (AvgIpc) is 2.44. The highest BCUT2D eigenvalue weighted by Crippen LogP contribution is 2.09. The molecule has 118 valence electrons. The summed E-state index contributed by atoms with van der Waals surface area (Å²) < 4.78 is 1.26. The Labute approximate surface area is 122 Å². The van der Waals surface area contributed by atoms with Gasteiger partial charge in [0.15, 0.2) is 0 Å². The Morgan fingerprint density at radius 1 is 1.29 bits per heavy atom. The van der Waals surface area contributed by atoms with E-state index in [1.54, 1.807) is 11.8 Å². The van der Waals surface area contributed by atoms with Crippen LogP contribution >= 0.6 is 0 Å². The maximum atomic E-state index is 11.9. The van der Waals surface area contributed by atoms with Gasteiger partial charge < -0.3 is 16.0 Å². The molecular weight excluding hydrogens is 274 g/mol. The van der Waals surface area contributed by atoms with Crippen molar-refractivity contribution >= 4 is 17.4 Å². The fourth-order valence-corrected chi connectivity index (χ4v) is 2.10. The highest BCUT2D eigenvalue weighted by atomic mass is 16.2. The maximum absolute atomic E-state index is 11.9. The molecule has 1 aromatic rings. The Morgan fingerprint density at radius 3 is 2.43 bits per heavy atom. The van der Waals surface area contributed by atoms with Crippen molar-refractivity contribution in [2.24, 2.45) is 0 Å².